The summed E-state index contributed by atoms with van der Waals surface area (Å²) in [5, 5.41) is 19.2. The fraction of sp³-hybridized carbons (Fsp3) is 0.333. The highest BCUT2D eigenvalue weighted by Gasteiger charge is 2.42. The molecule has 0 amide bonds. The Morgan fingerprint density at radius 1 is 1.33 bits per heavy atom. The third-order valence-electron chi connectivity index (χ3n) is 2.25. The molecule has 0 saturated heterocycles. The molecule has 0 heterocycles. The van der Waals surface area contributed by atoms with Crippen LogP contribution in [-0.4, -0.2) is 15.0 Å². The molecular weight excluding hydrogens is 220 g/mol. The Labute approximate surface area is 79.0 Å². The number of alkyl halides is 1. The molecule has 1 aromatic carbocycles. The Kier molecular flexibility index (Phi) is 1.75. The van der Waals surface area contributed by atoms with Crippen molar-refractivity contribution in [2.24, 2.45) is 0 Å². The van der Waals surface area contributed by atoms with Gasteiger partial charge in [-0.15, -0.1) is 0 Å². The van der Waals surface area contributed by atoms with E-state index in [-0.39, 0.29) is 4.83 Å². The number of fused-ring (bicyclic) bond motifs is 1. The molecule has 1 aliphatic carbocycles. The zero-order valence-electron chi connectivity index (χ0n) is 6.37. The third kappa shape index (κ3) is 1.01. The number of halogens is 1. The number of aliphatic hydroxyl groups is 2. The molecule has 0 fully saturated rings. The summed E-state index contributed by atoms with van der Waals surface area (Å²) in [7, 11) is 0. The van der Waals surface area contributed by atoms with E-state index < -0.39 is 5.79 Å². The second-order valence-corrected chi connectivity index (χ2v) is 4.16. The number of benzene rings is 1. The Hall–Kier alpha value is -0.380. The average Bonchev–Trinajstić information content (AvgIpc) is 2.25. The van der Waals surface area contributed by atoms with Crippen molar-refractivity contribution in [3.63, 3.8) is 0 Å². The standard InChI is InChI=1S/C9H9BrO2/c10-8-5-6-3-1-2-4-7(6)9(8,11)12/h1-4,8,11-12H,5H2. The maximum Gasteiger partial charge on any atom is 0.203 e. The van der Waals surface area contributed by atoms with Gasteiger partial charge in [-0.25, -0.2) is 0 Å². The fourth-order valence-electron chi connectivity index (χ4n) is 1.56. The van der Waals surface area contributed by atoms with E-state index in [0.717, 1.165) is 5.56 Å². The van der Waals surface area contributed by atoms with Gasteiger partial charge in [0.15, 0.2) is 0 Å². The van der Waals surface area contributed by atoms with Crippen molar-refractivity contribution in [2.75, 3.05) is 0 Å². The first-order valence-electron chi connectivity index (χ1n) is 3.79. The normalized spacial score (nSPS) is 25.4. The van der Waals surface area contributed by atoms with E-state index in [4.69, 9.17) is 0 Å². The summed E-state index contributed by atoms with van der Waals surface area (Å²) in [6.45, 7) is 0. The summed E-state index contributed by atoms with van der Waals surface area (Å²) in [5.74, 6) is -1.70. The lowest BCUT2D eigenvalue weighted by Crippen LogP contribution is -2.30. The lowest BCUT2D eigenvalue weighted by Gasteiger charge is -2.19. The van der Waals surface area contributed by atoms with Gasteiger partial charge in [0.2, 0.25) is 5.79 Å². The van der Waals surface area contributed by atoms with E-state index >= 15 is 0 Å². The van der Waals surface area contributed by atoms with Crippen LogP contribution < -0.4 is 0 Å². The number of hydrogen-bond donors (Lipinski definition) is 2. The first-order chi connectivity index (χ1) is 5.62. The summed E-state index contributed by atoms with van der Waals surface area (Å²) in [4.78, 5) is -0.289. The Morgan fingerprint density at radius 2 is 2.00 bits per heavy atom. The topological polar surface area (TPSA) is 40.5 Å². The Morgan fingerprint density at radius 3 is 2.67 bits per heavy atom. The molecule has 0 radical (unpaired) electrons. The van der Waals surface area contributed by atoms with Crippen LogP contribution in [0.4, 0.5) is 0 Å². The first kappa shape index (κ1) is 8.23. The van der Waals surface area contributed by atoms with Crippen molar-refractivity contribution < 1.29 is 10.2 Å². The summed E-state index contributed by atoms with van der Waals surface area (Å²) in [6.07, 6.45) is 0.670. The van der Waals surface area contributed by atoms with Gasteiger partial charge in [0.05, 0.1) is 4.83 Å². The van der Waals surface area contributed by atoms with E-state index in [1.807, 2.05) is 18.2 Å². The minimum atomic E-state index is -1.70. The second-order valence-electron chi connectivity index (χ2n) is 3.05. The molecular formula is C9H9BrO2. The van der Waals surface area contributed by atoms with E-state index in [1.165, 1.54) is 0 Å². The van der Waals surface area contributed by atoms with Crippen LogP contribution in [0.3, 0.4) is 0 Å². The molecule has 0 aromatic heterocycles. The lowest BCUT2D eigenvalue weighted by atomic mass is 10.1. The monoisotopic (exact) mass is 228 g/mol. The molecule has 0 saturated carbocycles. The summed E-state index contributed by atoms with van der Waals surface area (Å²) < 4.78 is 0. The molecule has 2 nitrogen and oxygen atoms in total. The van der Waals surface area contributed by atoms with Gasteiger partial charge in [-0.3, -0.25) is 0 Å². The van der Waals surface area contributed by atoms with Crippen LogP contribution in [0.25, 0.3) is 0 Å². The fourth-order valence-corrected chi connectivity index (χ4v) is 2.16. The predicted molar refractivity (Wildman–Crippen MR) is 49.0 cm³/mol. The highest BCUT2D eigenvalue weighted by Crippen LogP contribution is 2.38. The molecule has 1 aliphatic rings. The number of rotatable bonds is 0. The van der Waals surface area contributed by atoms with Crippen LogP contribution in [0, 0.1) is 0 Å². The molecule has 2 rings (SSSR count). The number of hydrogen-bond acceptors (Lipinski definition) is 2. The van der Waals surface area contributed by atoms with Gasteiger partial charge in [-0.2, -0.15) is 0 Å². The predicted octanol–water partition coefficient (Wildman–Crippen LogP) is 1.14. The van der Waals surface area contributed by atoms with Crippen molar-refractivity contribution >= 4 is 15.9 Å². The van der Waals surface area contributed by atoms with Gasteiger partial charge in [0.25, 0.3) is 0 Å². The van der Waals surface area contributed by atoms with E-state index in [2.05, 4.69) is 15.9 Å². The second kappa shape index (κ2) is 2.55. The molecule has 64 valence electrons. The zero-order valence-corrected chi connectivity index (χ0v) is 7.95. The van der Waals surface area contributed by atoms with Crippen molar-refractivity contribution in [1.82, 2.24) is 0 Å². The van der Waals surface area contributed by atoms with Crippen LogP contribution in [0.5, 0.6) is 0 Å². The average molecular weight is 229 g/mol. The molecule has 0 spiro atoms. The van der Waals surface area contributed by atoms with Crippen molar-refractivity contribution in [3.8, 4) is 0 Å². The molecule has 1 aromatic rings. The summed E-state index contributed by atoms with van der Waals surface area (Å²) >= 11 is 3.24. The molecule has 1 unspecified atom stereocenters. The highest BCUT2D eigenvalue weighted by molar-refractivity contribution is 9.09. The van der Waals surface area contributed by atoms with Gasteiger partial charge >= 0.3 is 0 Å². The SMILES string of the molecule is OC1(O)c2ccccc2CC1Br. The lowest BCUT2D eigenvalue weighted by molar-refractivity contribution is -0.160. The first-order valence-corrected chi connectivity index (χ1v) is 4.71. The Bertz CT molecular complexity index is 309. The zero-order chi connectivity index (χ0) is 8.77. The van der Waals surface area contributed by atoms with E-state index in [9.17, 15) is 10.2 Å². The Balaban J connectivity index is 2.55. The summed E-state index contributed by atoms with van der Waals surface area (Å²) in [6, 6.07) is 7.37. The maximum atomic E-state index is 9.62. The van der Waals surface area contributed by atoms with Crippen LogP contribution in [0.15, 0.2) is 24.3 Å². The largest absolute Gasteiger partial charge is 0.361 e. The van der Waals surface area contributed by atoms with Gasteiger partial charge in [-0.05, 0) is 12.0 Å². The minimum Gasteiger partial charge on any atom is -0.361 e. The summed E-state index contributed by atoms with van der Waals surface area (Å²) in [5.41, 5.74) is 1.62. The van der Waals surface area contributed by atoms with Gasteiger partial charge in [-0.1, -0.05) is 40.2 Å². The van der Waals surface area contributed by atoms with Crippen LogP contribution >= 0.6 is 15.9 Å². The van der Waals surface area contributed by atoms with E-state index in [0.29, 0.717) is 12.0 Å². The van der Waals surface area contributed by atoms with Crippen LogP contribution in [-0.2, 0) is 12.2 Å². The van der Waals surface area contributed by atoms with Crippen molar-refractivity contribution in [2.45, 2.75) is 17.0 Å². The quantitative estimate of drug-likeness (QED) is 0.517. The smallest absolute Gasteiger partial charge is 0.203 e. The molecule has 3 heteroatoms. The minimum absolute atomic E-state index is 0.289. The molecule has 0 bridgehead atoms. The van der Waals surface area contributed by atoms with Crippen molar-refractivity contribution in [3.05, 3.63) is 35.4 Å². The van der Waals surface area contributed by atoms with Crippen LogP contribution in [0.1, 0.15) is 11.1 Å². The van der Waals surface area contributed by atoms with E-state index in [1.54, 1.807) is 6.07 Å². The highest BCUT2D eigenvalue weighted by atomic mass is 79.9. The molecule has 12 heavy (non-hydrogen) atoms. The van der Waals surface area contributed by atoms with Crippen LogP contribution in [0.2, 0.25) is 0 Å². The van der Waals surface area contributed by atoms with Gasteiger partial charge in [0, 0.05) is 5.56 Å². The maximum absolute atomic E-state index is 9.62. The molecule has 1 atom stereocenters. The van der Waals surface area contributed by atoms with Gasteiger partial charge < -0.3 is 10.2 Å². The third-order valence-corrected chi connectivity index (χ3v) is 3.21. The van der Waals surface area contributed by atoms with Gasteiger partial charge in [0.1, 0.15) is 0 Å². The molecule has 0 aliphatic heterocycles. The van der Waals surface area contributed by atoms with Crippen molar-refractivity contribution in [1.29, 1.82) is 0 Å². The molecule has 2 N–H and O–H groups in total.